The topological polar surface area (TPSA) is 164 Å². The number of aromatic nitrogens is 4. The lowest BCUT2D eigenvalue weighted by Crippen LogP contribution is -2.47. The Kier molecular flexibility index (Phi) is 13.6. The second-order valence-electron chi connectivity index (χ2n) is 17.5. The van der Waals surface area contributed by atoms with Gasteiger partial charge in [0.05, 0.1) is 33.0 Å². The Labute approximate surface area is 395 Å². The van der Waals surface area contributed by atoms with E-state index >= 15 is 0 Å². The summed E-state index contributed by atoms with van der Waals surface area (Å²) in [6.07, 6.45) is 4.81. The Morgan fingerprint density at radius 2 is 1.15 bits per heavy atom. The molecule has 346 valence electrons. The fraction of sp³-hybridized carbons (Fsp3) is 0.533. The molecule has 5 saturated heterocycles. The maximum Gasteiger partial charge on any atom is 0.251 e. The minimum absolute atomic E-state index is 0.0709. The van der Waals surface area contributed by atoms with E-state index in [2.05, 4.69) is 59.8 Å². The molecular formula is C45H56Cl2N12O4S2. The normalized spacial score (nSPS) is 25.1. The van der Waals surface area contributed by atoms with E-state index in [1.807, 2.05) is 29.2 Å². The van der Waals surface area contributed by atoms with Crippen LogP contribution in [0.5, 0.6) is 0 Å². The van der Waals surface area contributed by atoms with Gasteiger partial charge >= 0.3 is 0 Å². The molecule has 1 amide bonds. The number of aryl methyl sites for hydroxylation is 2. The van der Waals surface area contributed by atoms with Crippen LogP contribution in [0.2, 0.25) is 10.0 Å². The molecule has 7 aliphatic heterocycles. The Bertz CT molecular complexity index is 2390. The van der Waals surface area contributed by atoms with Crippen LogP contribution in [-0.4, -0.2) is 154 Å². The predicted octanol–water partition coefficient (Wildman–Crippen LogP) is 4.21. The Balaban J connectivity index is 0.000000157. The van der Waals surface area contributed by atoms with Crippen molar-refractivity contribution >= 4 is 85.6 Å². The van der Waals surface area contributed by atoms with Gasteiger partial charge in [-0.1, -0.05) is 23.2 Å². The van der Waals surface area contributed by atoms with Gasteiger partial charge in [0.2, 0.25) is 11.9 Å². The second kappa shape index (κ2) is 19.9. The molecule has 0 spiro atoms. The summed E-state index contributed by atoms with van der Waals surface area (Å²) < 4.78 is 30.9. The summed E-state index contributed by atoms with van der Waals surface area (Å²) in [6, 6.07) is 16.3. The van der Waals surface area contributed by atoms with Crippen molar-refractivity contribution < 1.29 is 17.9 Å². The molecule has 0 bridgehead atoms. The Morgan fingerprint density at radius 1 is 0.646 bits per heavy atom. The number of carbonyl (C=O) groups excluding carboxylic acids is 1. The van der Waals surface area contributed by atoms with Crippen LogP contribution >= 0.6 is 23.2 Å². The van der Waals surface area contributed by atoms with E-state index in [1.165, 1.54) is 5.69 Å². The fourth-order valence-corrected chi connectivity index (χ4v) is 12.6. The van der Waals surface area contributed by atoms with E-state index in [4.69, 9.17) is 47.9 Å². The first-order valence-corrected chi connectivity index (χ1v) is 26.4. The van der Waals surface area contributed by atoms with Gasteiger partial charge in [0.15, 0.2) is 0 Å². The first-order chi connectivity index (χ1) is 31.7. The summed E-state index contributed by atoms with van der Waals surface area (Å²) in [5.74, 6) is 4.21. The van der Waals surface area contributed by atoms with Gasteiger partial charge in [-0.25, -0.2) is 9.97 Å². The second-order valence-corrected chi connectivity index (χ2v) is 21.4. The van der Waals surface area contributed by atoms with Crippen LogP contribution in [0.3, 0.4) is 0 Å². The molecule has 0 radical (unpaired) electrons. The summed E-state index contributed by atoms with van der Waals surface area (Å²) in [6.45, 7) is 10.8. The molecule has 9 heterocycles. The van der Waals surface area contributed by atoms with Crippen molar-refractivity contribution in [2.45, 2.75) is 66.5 Å². The number of carbonyl (C=O) groups is 1. The van der Waals surface area contributed by atoms with Crippen LogP contribution in [0.25, 0.3) is 0 Å². The molecule has 16 nitrogen and oxygen atoms in total. The first kappa shape index (κ1) is 44.5. The minimum atomic E-state index is -1.10. The van der Waals surface area contributed by atoms with Crippen molar-refractivity contribution in [3.05, 3.63) is 70.0 Å². The monoisotopic (exact) mass is 962 g/mol. The lowest BCUT2D eigenvalue weighted by Gasteiger charge is -2.36. The van der Waals surface area contributed by atoms with Gasteiger partial charge in [-0.2, -0.15) is 9.97 Å². The number of anilines is 6. The third kappa shape index (κ3) is 10.0. The summed E-state index contributed by atoms with van der Waals surface area (Å²) in [4.78, 5) is 44.7. The van der Waals surface area contributed by atoms with E-state index in [0.717, 1.165) is 146 Å². The predicted molar refractivity (Wildman–Crippen MR) is 258 cm³/mol. The highest BCUT2D eigenvalue weighted by molar-refractivity contribution is 7.85. The molecule has 5 fully saturated rings. The molecule has 2 aromatic heterocycles. The SMILES string of the molecule is O=C([C@@H]1CCCO1)N1CC[C@@H](Nc2nc(N3CCN(c4ccc(Cl)cc4)CC3)nc3c2S(=O)CC3)C1.O=S1CCc2nc(N3CCN(c4ccc(Cl)cc4)CC3)nc(N[C@@H]3CCNC3)c21. The Morgan fingerprint density at radius 3 is 1.63 bits per heavy atom. The molecular weight excluding hydrogens is 908 g/mol. The number of benzene rings is 2. The maximum absolute atomic E-state index is 12.8. The van der Waals surface area contributed by atoms with Gasteiger partial charge in [0, 0.05) is 136 Å². The number of hydrogen-bond donors (Lipinski definition) is 3. The van der Waals surface area contributed by atoms with Crippen molar-refractivity contribution in [2.24, 2.45) is 0 Å². The van der Waals surface area contributed by atoms with Crippen molar-refractivity contribution in [3.8, 4) is 0 Å². The maximum atomic E-state index is 12.8. The van der Waals surface area contributed by atoms with Gasteiger partial charge in [-0.05, 0) is 80.8 Å². The molecule has 2 unspecified atom stereocenters. The average molecular weight is 964 g/mol. The number of fused-ring (bicyclic) bond motifs is 2. The minimum Gasteiger partial charge on any atom is -0.368 e. The number of amides is 1. The van der Waals surface area contributed by atoms with E-state index in [1.54, 1.807) is 0 Å². The molecule has 11 rings (SSSR count). The lowest BCUT2D eigenvalue weighted by atomic mass is 10.2. The number of likely N-dealkylation sites (tertiary alicyclic amines) is 1. The quantitative estimate of drug-likeness (QED) is 0.219. The highest BCUT2D eigenvalue weighted by Gasteiger charge is 2.36. The third-order valence-corrected chi connectivity index (χ3v) is 16.7. The molecule has 5 atom stereocenters. The molecule has 4 aromatic rings. The van der Waals surface area contributed by atoms with E-state index in [-0.39, 0.29) is 18.1 Å². The van der Waals surface area contributed by atoms with Crippen molar-refractivity contribution in [2.75, 3.05) is 127 Å². The van der Waals surface area contributed by atoms with E-state index < -0.39 is 21.6 Å². The van der Waals surface area contributed by atoms with Gasteiger partial charge < -0.3 is 45.2 Å². The standard InChI is InChI=1S/C25H31ClN6O3S.C20H25ClN6OS/c26-17-3-5-19(6-4-17)30-10-12-31(13-11-30)25-28-20-8-15-36(34)22(20)23(29-25)27-18-7-9-32(16-18)24(33)21-2-1-14-35-21;21-14-1-3-16(4-2-14)26-8-10-27(11-9-26)20-24-17-6-12-29(28)18(17)19(25-20)23-15-5-7-22-13-15/h3-6,18,21H,1-2,7-16H2,(H,27,28,29);1-4,15,22H,5-13H2,(H,23,24,25)/t18-,21+,36?;15-,29?/m11/s1. The number of piperazine rings is 2. The molecule has 0 saturated carbocycles. The van der Waals surface area contributed by atoms with Crippen LogP contribution in [0.15, 0.2) is 58.3 Å². The summed E-state index contributed by atoms with van der Waals surface area (Å²) in [7, 11) is -2.10. The molecule has 3 N–H and O–H groups in total. The molecule has 2 aromatic carbocycles. The van der Waals surface area contributed by atoms with Crippen LogP contribution in [0, 0.1) is 0 Å². The Hall–Kier alpha value is -4.33. The zero-order valence-electron chi connectivity index (χ0n) is 36.4. The van der Waals surface area contributed by atoms with Crippen molar-refractivity contribution in [1.82, 2.24) is 30.2 Å². The van der Waals surface area contributed by atoms with Gasteiger partial charge in [-0.3, -0.25) is 13.2 Å². The molecule has 65 heavy (non-hydrogen) atoms. The number of nitrogens with one attached hydrogen (secondary N) is 3. The van der Waals surface area contributed by atoms with Crippen LogP contribution in [-0.2, 0) is 44.0 Å². The summed E-state index contributed by atoms with van der Waals surface area (Å²) in [5, 5.41) is 11.9. The number of nitrogens with zero attached hydrogens (tertiary/aromatic N) is 9. The smallest absolute Gasteiger partial charge is 0.251 e. The number of rotatable bonds is 9. The molecule has 7 aliphatic rings. The average Bonchev–Trinajstić information content (AvgIpc) is 4.21. The third-order valence-electron chi connectivity index (χ3n) is 13.3. The van der Waals surface area contributed by atoms with Gasteiger partial charge in [0.1, 0.15) is 27.5 Å². The zero-order chi connectivity index (χ0) is 44.4. The van der Waals surface area contributed by atoms with Gasteiger partial charge in [-0.15, -0.1) is 0 Å². The highest BCUT2D eigenvalue weighted by Crippen LogP contribution is 2.34. The zero-order valence-corrected chi connectivity index (χ0v) is 39.6. The van der Waals surface area contributed by atoms with Crippen LogP contribution in [0.4, 0.5) is 34.9 Å². The highest BCUT2D eigenvalue weighted by atomic mass is 35.5. The van der Waals surface area contributed by atoms with Crippen molar-refractivity contribution in [1.29, 1.82) is 0 Å². The van der Waals surface area contributed by atoms with Crippen LogP contribution in [0.1, 0.15) is 37.1 Å². The van der Waals surface area contributed by atoms with Crippen LogP contribution < -0.4 is 35.6 Å². The van der Waals surface area contributed by atoms with Gasteiger partial charge in [0.25, 0.3) is 5.91 Å². The summed E-state index contributed by atoms with van der Waals surface area (Å²) in [5.41, 5.74) is 4.18. The fourth-order valence-electron chi connectivity index (χ4n) is 9.70. The molecule has 20 heteroatoms. The number of hydrogen-bond acceptors (Lipinski definition) is 15. The largest absolute Gasteiger partial charge is 0.368 e. The molecule has 0 aliphatic carbocycles. The van der Waals surface area contributed by atoms with E-state index in [0.29, 0.717) is 55.4 Å². The first-order valence-electron chi connectivity index (χ1n) is 23.0. The number of halogens is 2. The lowest BCUT2D eigenvalue weighted by molar-refractivity contribution is -0.139. The summed E-state index contributed by atoms with van der Waals surface area (Å²) >= 11 is 12.1. The van der Waals surface area contributed by atoms with E-state index in [9.17, 15) is 13.2 Å². The number of ether oxygens (including phenoxy) is 1. The van der Waals surface area contributed by atoms with Crippen molar-refractivity contribution in [3.63, 3.8) is 0 Å².